The van der Waals surface area contributed by atoms with Gasteiger partial charge in [0.25, 0.3) is 0 Å². The summed E-state index contributed by atoms with van der Waals surface area (Å²) in [7, 11) is 0. The van der Waals surface area contributed by atoms with E-state index in [0.717, 1.165) is 5.56 Å². The second-order valence-corrected chi connectivity index (χ2v) is 2.87. The summed E-state index contributed by atoms with van der Waals surface area (Å²) in [6.07, 6.45) is 2.89. The lowest BCUT2D eigenvalue weighted by Gasteiger charge is -1.95. The van der Waals surface area contributed by atoms with Gasteiger partial charge in [0.05, 0.1) is 5.71 Å². The van der Waals surface area contributed by atoms with Gasteiger partial charge >= 0.3 is 0 Å². The molecule has 2 N–H and O–H groups in total. The fraction of sp³-hybridized carbons (Fsp3) is 0. The average molecular weight is 193 g/mol. The van der Waals surface area contributed by atoms with E-state index in [2.05, 4.69) is 0 Å². The highest BCUT2D eigenvalue weighted by Gasteiger charge is 1.94. The number of benzene rings is 1. The fourth-order valence-corrected chi connectivity index (χ4v) is 0.933. The standard InChI is InChI=1S/C10H9ClN2/c11-10(13)7-6-9(12)8-4-2-1-3-5-8/h1-7,12-13H/b7-6-,12-9?,13-10?. The van der Waals surface area contributed by atoms with Crippen LogP contribution in [0.2, 0.25) is 0 Å². The first kappa shape index (κ1) is 9.68. The van der Waals surface area contributed by atoms with Crippen LogP contribution in [0.25, 0.3) is 0 Å². The first-order chi connectivity index (χ1) is 6.20. The van der Waals surface area contributed by atoms with E-state index in [1.165, 1.54) is 12.2 Å². The Balaban J connectivity index is 2.76. The summed E-state index contributed by atoms with van der Waals surface area (Å²) in [5.74, 6) is 0. The summed E-state index contributed by atoms with van der Waals surface area (Å²) >= 11 is 5.31. The Morgan fingerprint density at radius 1 is 1.08 bits per heavy atom. The minimum absolute atomic E-state index is 0.0688. The molecule has 0 aromatic heterocycles. The van der Waals surface area contributed by atoms with Crippen molar-refractivity contribution < 1.29 is 0 Å². The zero-order valence-corrected chi connectivity index (χ0v) is 7.68. The molecule has 0 atom stereocenters. The Hall–Kier alpha value is -1.41. The number of nitrogens with one attached hydrogen (secondary N) is 2. The zero-order valence-electron chi connectivity index (χ0n) is 6.92. The predicted octanol–water partition coefficient (Wildman–Crippen LogP) is 2.83. The van der Waals surface area contributed by atoms with Crippen LogP contribution in [0, 0.1) is 10.8 Å². The van der Waals surface area contributed by atoms with Crippen molar-refractivity contribution in [2.24, 2.45) is 0 Å². The van der Waals surface area contributed by atoms with Gasteiger partial charge in [-0.25, -0.2) is 0 Å². The van der Waals surface area contributed by atoms with Gasteiger partial charge in [0.15, 0.2) is 0 Å². The molecule has 0 fully saturated rings. The normalized spacial score (nSPS) is 10.2. The molecule has 0 aliphatic heterocycles. The maximum atomic E-state index is 7.58. The van der Waals surface area contributed by atoms with Gasteiger partial charge in [-0.05, 0) is 17.7 Å². The molecule has 1 aromatic rings. The summed E-state index contributed by atoms with van der Waals surface area (Å²) in [6, 6.07) is 9.30. The van der Waals surface area contributed by atoms with Crippen molar-refractivity contribution in [1.82, 2.24) is 0 Å². The largest absolute Gasteiger partial charge is 0.300 e. The Morgan fingerprint density at radius 3 is 2.23 bits per heavy atom. The molecule has 3 heteroatoms. The number of halogens is 1. The first-order valence-corrected chi connectivity index (χ1v) is 4.14. The third-order valence-corrected chi connectivity index (χ3v) is 1.61. The maximum Gasteiger partial charge on any atom is 0.120 e. The lowest BCUT2D eigenvalue weighted by Crippen LogP contribution is -1.93. The van der Waals surface area contributed by atoms with E-state index < -0.39 is 0 Å². The highest BCUT2D eigenvalue weighted by Crippen LogP contribution is 2.00. The Bertz CT molecular complexity index is 341. The second-order valence-electron chi connectivity index (χ2n) is 2.46. The average Bonchev–Trinajstić information content (AvgIpc) is 2.15. The van der Waals surface area contributed by atoms with E-state index >= 15 is 0 Å². The molecule has 0 aliphatic carbocycles. The van der Waals surface area contributed by atoms with E-state index in [1.807, 2.05) is 30.3 Å². The second kappa shape index (κ2) is 4.58. The van der Waals surface area contributed by atoms with Crippen molar-refractivity contribution in [2.45, 2.75) is 0 Å². The van der Waals surface area contributed by atoms with E-state index in [4.69, 9.17) is 22.4 Å². The zero-order chi connectivity index (χ0) is 9.68. The fourth-order valence-electron chi connectivity index (χ4n) is 0.870. The van der Waals surface area contributed by atoms with Crippen LogP contribution in [0.15, 0.2) is 42.5 Å². The minimum Gasteiger partial charge on any atom is -0.300 e. The lowest BCUT2D eigenvalue weighted by molar-refractivity contribution is 1.49. The SMILES string of the molecule is N=C(Cl)/C=C\C(=N)c1ccccc1. The molecule has 0 unspecified atom stereocenters. The number of hydrogen-bond donors (Lipinski definition) is 2. The summed E-state index contributed by atoms with van der Waals surface area (Å²) in [6.45, 7) is 0. The Kier molecular flexibility index (Phi) is 3.41. The van der Waals surface area contributed by atoms with E-state index in [9.17, 15) is 0 Å². The lowest BCUT2D eigenvalue weighted by atomic mass is 10.1. The summed E-state index contributed by atoms with van der Waals surface area (Å²) in [5, 5.41) is 14.4. The molecule has 0 aliphatic rings. The van der Waals surface area contributed by atoms with Crippen LogP contribution in [0.1, 0.15) is 5.56 Å². The highest BCUT2D eigenvalue weighted by molar-refractivity contribution is 6.67. The van der Waals surface area contributed by atoms with Gasteiger partial charge in [-0.3, -0.25) is 5.41 Å². The van der Waals surface area contributed by atoms with Crippen LogP contribution in [0.5, 0.6) is 0 Å². The molecular formula is C10H9ClN2. The van der Waals surface area contributed by atoms with Crippen molar-refractivity contribution >= 4 is 22.5 Å². The molecule has 0 heterocycles. The number of rotatable bonds is 3. The molecule has 0 amide bonds. The van der Waals surface area contributed by atoms with Crippen LogP contribution < -0.4 is 0 Å². The third kappa shape index (κ3) is 3.22. The van der Waals surface area contributed by atoms with Crippen molar-refractivity contribution in [2.75, 3.05) is 0 Å². The third-order valence-electron chi connectivity index (χ3n) is 1.48. The summed E-state index contributed by atoms with van der Waals surface area (Å²) in [4.78, 5) is 0. The van der Waals surface area contributed by atoms with E-state index in [0.29, 0.717) is 5.71 Å². The van der Waals surface area contributed by atoms with Gasteiger partial charge in [-0.15, -0.1) is 0 Å². The number of allylic oxidation sites excluding steroid dienone is 2. The monoisotopic (exact) mass is 192 g/mol. The van der Waals surface area contributed by atoms with Crippen molar-refractivity contribution in [3.63, 3.8) is 0 Å². The van der Waals surface area contributed by atoms with Crippen molar-refractivity contribution in [3.8, 4) is 0 Å². The molecule has 0 saturated carbocycles. The maximum absolute atomic E-state index is 7.58. The van der Waals surface area contributed by atoms with Crippen LogP contribution in [0.4, 0.5) is 0 Å². The van der Waals surface area contributed by atoms with E-state index in [1.54, 1.807) is 0 Å². The highest BCUT2D eigenvalue weighted by atomic mass is 35.5. The van der Waals surface area contributed by atoms with Gasteiger partial charge in [0, 0.05) is 0 Å². The first-order valence-electron chi connectivity index (χ1n) is 3.76. The quantitative estimate of drug-likeness (QED) is 0.692. The van der Waals surface area contributed by atoms with Crippen molar-refractivity contribution in [1.29, 1.82) is 10.8 Å². The summed E-state index contributed by atoms with van der Waals surface area (Å²) in [5.41, 5.74) is 1.17. The molecule has 0 saturated heterocycles. The van der Waals surface area contributed by atoms with Crippen LogP contribution in [-0.4, -0.2) is 10.9 Å². The molecule has 66 valence electrons. The minimum atomic E-state index is -0.0688. The molecular weight excluding hydrogens is 184 g/mol. The van der Waals surface area contributed by atoms with E-state index in [-0.39, 0.29) is 5.17 Å². The van der Waals surface area contributed by atoms with Gasteiger partial charge in [-0.1, -0.05) is 41.9 Å². The molecule has 1 rings (SSSR count). The van der Waals surface area contributed by atoms with Gasteiger partial charge in [-0.2, -0.15) is 0 Å². The van der Waals surface area contributed by atoms with Crippen LogP contribution >= 0.6 is 11.6 Å². The Labute approximate surface area is 81.9 Å². The predicted molar refractivity (Wildman–Crippen MR) is 56.0 cm³/mol. The van der Waals surface area contributed by atoms with Gasteiger partial charge < -0.3 is 5.41 Å². The van der Waals surface area contributed by atoms with Gasteiger partial charge in [0.1, 0.15) is 5.17 Å². The van der Waals surface area contributed by atoms with Crippen molar-refractivity contribution in [3.05, 3.63) is 48.0 Å². The van der Waals surface area contributed by atoms with Crippen LogP contribution in [0.3, 0.4) is 0 Å². The summed E-state index contributed by atoms with van der Waals surface area (Å²) < 4.78 is 0. The van der Waals surface area contributed by atoms with Crippen LogP contribution in [-0.2, 0) is 0 Å². The molecule has 0 bridgehead atoms. The van der Waals surface area contributed by atoms with Gasteiger partial charge in [0.2, 0.25) is 0 Å². The Morgan fingerprint density at radius 2 is 1.69 bits per heavy atom. The molecule has 13 heavy (non-hydrogen) atoms. The molecule has 0 spiro atoms. The smallest absolute Gasteiger partial charge is 0.120 e. The topological polar surface area (TPSA) is 47.7 Å². The molecule has 2 nitrogen and oxygen atoms in total. The molecule has 0 radical (unpaired) electrons. The number of hydrogen-bond acceptors (Lipinski definition) is 2. The molecule has 1 aromatic carbocycles.